The smallest absolute Gasteiger partial charge is 0.253 e. The van der Waals surface area contributed by atoms with Crippen LogP contribution in [0.1, 0.15) is 50.2 Å². The highest BCUT2D eigenvalue weighted by Crippen LogP contribution is 2.38. The predicted octanol–water partition coefficient (Wildman–Crippen LogP) is 3.76. The molecule has 0 spiro atoms. The van der Waals surface area contributed by atoms with Crippen molar-refractivity contribution >= 4 is 17.5 Å². The molecule has 2 unspecified atom stereocenters. The van der Waals surface area contributed by atoms with Gasteiger partial charge in [-0.15, -0.1) is 0 Å². The van der Waals surface area contributed by atoms with Gasteiger partial charge in [0.05, 0.1) is 0 Å². The number of carbonyl (C=O) groups excluding carboxylic acids is 1. The van der Waals surface area contributed by atoms with E-state index in [1.807, 2.05) is 13.1 Å². The normalized spacial score (nSPS) is 21.7. The Kier molecular flexibility index (Phi) is 4.10. The van der Waals surface area contributed by atoms with E-state index < -0.39 is 0 Å². The first-order chi connectivity index (χ1) is 9.18. The number of aromatic nitrogens is 1. The van der Waals surface area contributed by atoms with Gasteiger partial charge >= 0.3 is 0 Å². The van der Waals surface area contributed by atoms with Gasteiger partial charge in [0.2, 0.25) is 0 Å². The van der Waals surface area contributed by atoms with Crippen molar-refractivity contribution in [3.8, 4) is 0 Å². The average molecular weight is 295 g/mol. The van der Waals surface area contributed by atoms with Gasteiger partial charge in [0, 0.05) is 30.3 Å². The molecule has 1 fully saturated rings. The van der Waals surface area contributed by atoms with E-state index in [2.05, 4.69) is 32.7 Å². The third-order valence-corrected chi connectivity index (χ3v) is 4.13. The minimum absolute atomic E-state index is 0.0268. The molecule has 3 nitrogen and oxygen atoms in total. The zero-order chi connectivity index (χ0) is 15.1. The molecule has 2 atom stereocenters. The number of nitrogens with zero attached hydrogens (tertiary/aromatic N) is 2. The fourth-order valence-corrected chi connectivity index (χ4v) is 2.52. The minimum atomic E-state index is -0.122. The molecule has 1 aromatic heterocycles. The first-order valence-electron chi connectivity index (χ1n) is 7.12. The Balaban J connectivity index is 2.18. The average Bonchev–Trinajstić information content (AvgIpc) is 3.01. The number of hydrogen-bond donors (Lipinski definition) is 0. The summed E-state index contributed by atoms with van der Waals surface area (Å²) in [4.78, 5) is 18.6. The van der Waals surface area contributed by atoms with Crippen LogP contribution in [-0.2, 0) is 5.41 Å². The van der Waals surface area contributed by atoms with E-state index in [1.165, 1.54) is 6.42 Å². The second-order valence-electron chi connectivity index (χ2n) is 6.97. The van der Waals surface area contributed by atoms with E-state index in [0.717, 1.165) is 18.2 Å². The highest BCUT2D eigenvalue weighted by atomic mass is 35.5. The maximum absolute atomic E-state index is 12.5. The molecule has 1 heterocycles. The summed E-state index contributed by atoms with van der Waals surface area (Å²) in [6.07, 6.45) is 1.22. The maximum Gasteiger partial charge on any atom is 0.253 e. The lowest BCUT2D eigenvalue weighted by Crippen LogP contribution is -2.29. The van der Waals surface area contributed by atoms with Crippen LogP contribution in [0.4, 0.5) is 0 Å². The van der Waals surface area contributed by atoms with Crippen LogP contribution in [0, 0.1) is 11.8 Å². The maximum atomic E-state index is 12.5. The summed E-state index contributed by atoms with van der Waals surface area (Å²) >= 11 is 6.06. The summed E-state index contributed by atoms with van der Waals surface area (Å²) in [6, 6.07) is 3.52. The Morgan fingerprint density at radius 3 is 2.55 bits per heavy atom. The topological polar surface area (TPSA) is 33.2 Å². The van der Waals surface area contributed by atoms with Gasteiger partial charge in [-0.05, 0) is 30.4 Å². The third-order valence-electron chi connectivity index (χ3n) is 3.94. The van der Waals surface area contributed by atoms with Crippen molar-refractivity contribution in [2.45, 2.75) is 39.5 Å². The van der Waals surface area contributed by atoms with Crippen molar-refractivity contribution in [1.82, 2.24) is 9.88 Å². The van der Waals surface area contributed by atoms with Gasteiger partial charge in [0.25, 0.3) is 5.91 Å². The zero-order valence-electron chi connectivity index (χ0n) is 12.9. The van der Waals surface area contributed by atoms with Crippen molar-refractivity contribution in [3.63, 3.8) is 0 Å². The Hall–Kier alpha value is -1.09. The van der Waals surface area contributed by atoms with Gasteiger partial charge in [-0.25, -0.2) is 4.98 Å². The molecule has 1 aliphatic carbocycles. The molecule has 0 N–H and O–H groups in total. The van der Waals surface area contributed by atoms with E-state index in [-0.39, 0.29) is 11.3 Å². The lowest BCUT2D eigenvalue weighted by Gasteiger charge is -2.21. The molecule has 1 aliphatic rings. The van der Waals surface area contributed by atoms with Crippen LogP contribution in [0.15, 0.2) is 12.1 Å². The first-order valence-corrected chi connectivity index (χ1v) is 7.50. The molecular weight excluding hydrogens is 272 g/mol. The van der Waals surface area contributed by atoms with Gasteiger partial charge in [-0.3, -0.25) is 4.79 Å². The summed E-state index contributed by atoms with van der Waals surface area (Å²) in [5.41, 5.74) is 1.36. The highest BCUT2D eigenvalue weighted by Gasteiger charge is 2.34. The quantitative estimate of drug-likeness (QED) is 0.795. The molecule has 4 heteroatoms. The molecule has 1 amide bonds. The van der Waals surface area contributed by atoms with Crippen LogP contribution in [0.5, 0.6) is 0 Å². The third kappa shape index (κ3) is 3.51. The minimum Gasteiger partial charge on any atom is -0.341 e. The van der Waals surface area contributed by atoms with Crippen molar-refractivity contribution in [1.29, 1.82) is 0 Å². The summed E-state index contributed by atoms with van der Waals surface area (Å²) < 4.78 is 0. The largest absolute Gasteiger partial charge is 0.341 e. The number of halogens is 1. The van der Waals surface area contributed by atoms with Crippen LogP contribution >= 0.6 is 11.6 Å². The lowest BCUT2D eigenvalue weighted by atomic mass is 9.91. The number of amides is 1. The molecule has 0 radical (unpaired) electrons. The first kappa shape index (κ1) is 15.3. The Morgan fingerprint density at radius 1 is 1.45 bits per heavy atom. The van der Waals surface area contributed by atoms with Crippen LogP contribution in [0.25, 0.3) is 0 Å². The van der Waals surface area contributed by atoms with Gasteiger partial charge < -0.3 is 4.90 Å². The van der Waals surface area contributed by atoms with E-state index in [9.17, 15) is 4.79 Å². The molecule has 20 heavy (non-hydrogen) atoms. The van der Waals surface area contributed by atoms with E-state index in [0.29, 0.717) is 16.6 Å². The lowest BCUT2D eigenvalue weighted by molar-refractivity contribution is 0.0786. The van der Waals surface area contributed by atoms with E-state index in [4.69, 9.17) is 11.6 Å². The summed E-state index contributed by atoms with van der Waals surface area (Å²) in [7, 11) is 1.86. The van der Waals surface area contributed by atoms with Crippen molar-refractivity contribution in [2.75, 3.05) is 13.6 Å². The number of pyridine rings is 1. The fraction of sp³-hybridized carbons (Fsp3) is 0.625. The number of rotatable bonds is 3. The van der Waals surface area contributed by atoms with E-state index in [1.54, 1.807) is 11.0 Å². The van der Waals surface area contributed by atoms with Crippen molar-refractivity contribution < 1.29 is 4.79 Å². The number of hydrogen-bond acceptors (Lipinski definition) is 2. The second kappa shape index (κ2) is 5.36. The Bertz CT molecular complexity index is 522. The van der Waals surface area contributed by atoms with Gasteiger partial charge in [-0.2, -0.15) is 0 Å². The summed E-state index contributed by atoms with van der Waals surface area (Å²) in [6.45, 7) is 9.25. The van der Waals surface area contributed by atoms with Crippen molar-refractivity contribution in [3.05, 3.63) is 28.5 Å². The molecule has 2 rings (SSSR count). The predicted molar refractivity (Wildman–Crippen MR) is 82.2 cm³/mol. The second-order valence-corrected chi connectivity index (χ2v) is 7.36. The molecule has 1 saturated carbocycles. The van der Waals surface area contributed by atoms with Crippen LogP contribution in [0.2, 0.25) is 5.15 Å². The van der Waals surface area contributed by atoms with Gasteiger partial charge in [0.15, 0.2) is 0 Å². The van der Waals surface area contributed by atoms with E-state index >= 15 is 0 Å². The standard InChI is InChI=1S/C16H23ClN2O/c1-10-6-12(10)9-19(5)15(20)11-7-13(16(2,3)4)18-14(17)8-11/h7-8,10,12H,6,9H2,1-5H3. The van der Waals surface area contributed by atoms with Gasteiger partial charge in [0.1, 0.15) is 5.15 Å². The SMILES string of the molecule is CC1CC1CN(C)C(=O)c1cc(Cl)nc(C(C)(C)C)c1. The van der Waals surface area contributed by atoms with Crippen LogP contribution in [-0.4, -0.2) is 29.4 Å². The molecule has 0 saturated heterocycles. The molecule has 0 aromatic carbocycles. The van der Waals surface area contributed by atoms with Crippen molar-refractivity contribution in [2.24, 2.45) is 11.8 Å². The summed E-state index contributed by atoms with van der Waals surface area (Å²) in [5, 5.41) is 0.383. The fourth-order valence-electron chi connectivity index (χ4n) is 2.31. The highest BCUT2D eigenvalue weighted by molar-refractivity contribution is 6.29. The Morgan fingerprint density at radius 2 is 2.05 bits per heavy atom. The number of carbonyl (C=O) groups is 1. The molecule has 0 aliphatic heterocycles. The molecular formula is C16H23ClN2O. The van der Waals surface area contributed by atoms with Crippen LogP contribution < -0.4 is 0 Å². The molecule has 110 valence electrons. The Labute approximate surface area is 126 Å². The zero-order valence-corrected chi connectivity index (χ0v) is 13.7. The van der Waals surface area contributed by atoms with Gasteiger partial charge in [-0.1, -0.05) is 39.3 Å². The monoisotopic (exact) mass is 294 g/mol. The summed E-state index contributed by atoms with van der Waals surface area (Å²) in [5.74, 6) is 1.43. The molecule has 1 aromatic rings. The van der Waals surface area contributed by atoms with Crippen LogP contribution in [0.3, 0.4) is 0 Å². The molecule has 0 bridgehead atoms.